The quantitative estimate of drug-likeness (QED) is 0.533. The van der Waals surface area contributed by atoms with Crippen molar-refractivity contribution >= 4 is 50.5 Å². The van der Waals surface area contributed by atoms with Crippen LogP contribution in [0.2, 0.25) is 9.36 Å². The van der Waals surface area contributed by atoms with Crippen LogP contribution in [0, 0.1) is 0 Å². The average Bonchev–Trinajstić information content (AvgIpc) is 3.13. The van der Waals surface area contributed by atoms with Gasteiger partial charge >= 0.3 is 0 Å². The Morgan fingerprint density at radius 2 is 1.83 bits per heavy atom. The lowest BCUT2D eigenvalue weighted by Crippen LogP contribution is -2.52. The van der Waals surface area contributed by atoms with Crippen molar-refractivity contribution in [1.29, 1.82) is 0 Å². The zero-order valence-electron chi connectivity index (χ0n) is 16.3. The molecule has 0 aliphatic carbocycles. The summed E-state index contributed by atoms with van der Waals surface area (Å²) in [5.41, 5.74) is 0. The average molecular weight is 488 g/mol. The van der Waals surface area contributed by atoms with E-state index in [9.17, 15) is 13.2 Å². The molecule has 1 saturated heterocycles. The van der Waals surface area contributed by atoms with E-state index in [-0.39, 0.29) is 35.5 Å². The Morgan fingerprint density at radius 1 is 1.13 bits per heavy atom. The first-order valence-corrected chi connectivity index (χ1v) is 12.4. The zero-order chi connectivity index (χ0) is 21.7. The predicted molar refractivity (Wildman–Crippen MR) is 122 cm³/mol. The Hall–Kier alpha value is -1.42. The van der Waals surface area contributed by atoms with Crippen LogP contribution in [0.25, 0.3) is 0 Å². The van der Waals surface area contributed by atoms with Crippen LogP contribution in [0.15, 0.2) is 53.9 Å². The van der Waals surface area contributed by atoms with Gasteiger partial charge in [-0.05, 0) is 24.3 Å². The minimum absolute atomic E-state index is 0.0331. The van der Waals surface area contributed by atoms with E-state index in [1.165, 1.54) is 21.7 Å². The monoisotopic (exact) mass is 487 g/mol. The molecule has 1 aliphatic rings. The van der Waals surface area contributed by atoms with E-state index in [1.807, 2.05) is 17.0 Å². The summed E-state index contributed by atoms with van der Waals surface area (Å²) < 4.78 is 27.8. The van der Waals surface area contributed by atoms with E-state index in [1.54, 1.807) is 29.2 Å². The lowest BCUT2D eigenvalue weighted by atomic mass is 10.3. The Morgan fingerprint density at radius 3 is 2.43 bits per heavy atom. The number of carbonyl (C=O) groups excluding carboxylic acids is 1. The molecule has 0 bridgehead atoms. The van der Waals surface area contributed by atoms with Crippen LogP contribution in [0.3, 0.4) is 0 Å². The van der Waals surface area contributed by atoms with Gasteiger partial charge in [-0.2, -0.15) is 4.31 Å². The van der Waals surface area contributed by atoms with Crippen molar-refractivity contribution in [1.82, 2.24) is 14.1 Å². The van der Waals surface area contributed by atoms with Gasteiger partial charge in [-0.25, -0.2) is 8.42 Å². The molecular formula is C20H23Cl2N3O3S2. The number of hydrogen-bond acceptors (Lipinski definition) is 5. The number of carbonyl (C=O) groups is 1. The highest BCUT2D eigenvalue weighted by atomic mass is 35.5. The lowest BCUT2D eigenvalue weighted by molar-refractivity contribution is -0.133. The molecule has 2 heterocycles. The molecule has 0 atom stereocenters. The molecule has 0 N–H and O–H groups in total. The minimum atomic E-state index is -3.68. The van der Waals surface area contributed by atoms with Crippen molar-refractivity contribution in [3.8, 4) is 0 Å². The number of thiophene rings is 1. The van der Waals surface area contributed by atoms with Crippen molar-refractivity contribution in [3.63, 3.8) is 0 Å². The number of benzene rings is 1. The van der Waals surface area contributed by atoms with Crippen LogP contribution >= 0.6 is 34.5 Å². The van der Waals surface area contributed by atoms with E-state index in [4.69, 9.17) is 23.2 Å². The smallest absolute Gasteiger partial charge is 0.244 e. The normalized spacial score (nSPS) is 15.5. The van der Waals surface area contributed by atoms with Crippen molar-refractivity contribution in [3.05, 3.63) is 63.3 Å². The second-order valence-corrected chi connectivity index (χ2v) is 11.0. The van der Waals surface area contributed by atoms with Gasteiger partial charge < -0.3 is 4.90 Å². The lowest BCUT2D eigenvalue weighted by Gasteiger charge is -2.35. The maximum absolute atomic E-state index is 12.9. The molecule has 1 fully saturated rings. The number of nitrogens with zero attached hydrogens (tertiary/aromatic N) is 3. The number of hydrogen-bond donors (Lipinski definition) is 0. The van der Waals surface area contributed by atoms with Crippen molar-refractivity contribution in [2.75, 3.05) is 39.3 Å². The standard InChI is InChI=1S/C20H23Cl2N3O3S2/c1-2-9-23(14-16-7-8-19(22)29-16)15-20(26)24-10-12-25(13-11-24)30(27,28)18-6-4-3-5-17(18)21/h2-8H,1,9-15H2. The molecule has 0 spiro atoms. The number of rotatable bonds is 8. The molecule has 0 unspecified atom stereocenters. The molecule has 10 heteroatoms. The van der Waals surface area contributed by atoms with Gasteiger partial charge in [0.1, 0.15) is 4.90 Å². The van der Waals surface area contributed by atoms with Gasteiger partial charge in [-0.15, -0.1) is 17.9 Å². The summed E-state index contributed by atoms with van der Waals surface area (Å²) in [6.45, 7) is 6.34. The molecular weight excluding hydrogens is 465 g/mol. The molecule has 0 saturated carbocycles. The fourth-order valence-electron chi connectivity index (χ4n) is 3.29. The fraction of sp³-hybridized carbons (Fsp3) is 0.350. The van der Waals surface area contributed by atoms with Gasteiger partial charge in [0.2, 0.25) is 15.9 Å². The third-order valence-corrected chi connectivity index (χ3v) is 8.41. The number of halogens is 2. The molecule has 30 heavy (non-hydrogen) atoms. The molecule has 3 rings (SSSR count). The first-order chi connectivity index (χ1) is 14.3. The topological polar surface area (TPSA) is 60.9 Å². The SMILES string of the molecule is C=CCN(CC(=O)N1CCN(S(=O)(=O)c2ccccc2Cl)CC1)Cc1ccc(Cl)s1. The largest absolute Gasteiger partial charge is 0.339 e. The molecule has 1 aliphatic heterocycles. The second-order valence-electron chi connectivity index (χ2n) is 6.88. The first kappa shape index (κ1) is 23.2. The van der Waals surface area contributed by atoms with Gasteiger partial charge in [0.25, 0.3) is 0 Å². The second kappa shape index (κ2) is 10.3. The van der Waals surface area contributed by atoms with Crippen LogP contribution in [0.5, 0.6) is 0 Å². The van der Waals surface area contributed by atoms with Crippen LogP contribution in [0.4, 0.5) is 0 Å². The minimum Gasteiger partial charge on any atom is -0.339 e. The molecule has 1 amide bonds. The van der Waals surface area contributed by atoms with Gasteiger partial charge in [-0.3, -0.25) is 9.69 Å². The van der Waals surface area contributed by atoms with E-state index < -0.39 is 10.0 Å². The zero-order valence-corrected chi connectivity index (χ0v) is 19.5. The van der Waals surface area contributed by atoms with Crippen molar-refractivity contribution in [2.24, 2.45) is 0 Å². The van der Waals surface area contributed by atoms with Crippen molar-refractivity contribution < 1.29 is 13.2 Å². The summed E-state index contributed by atoms with van der Waals surface area (Å²) in [5, 5.41) is 0.199. The summed E-state index contributed by atoms with van der Waals surface area (Å²) in [4.78, 5) is 17.7. The molecule has 6 nitrogen and oxygen atoms in total. The predicted octanol–water partition coefficient (Wildman–Crippen LogP) is 3.58. The van der Waals surface area contributed by atoms with Gasteiger partial charge in [-0.1, -0.05) is 41.4 Å². The molecule has 162 valence electrons. The molecule has 1 aromatic carbocycles. The third kappa shape index (κ3) is 5.63. The van der Waals surface area contributed by atoms with E-state index in [2.05, 4.69) is 6.58 Å². The van der Waals surface area contributed by atoms with E-state index >= 15 is 0 Å². The Balaban J connectivity index is 1.59. The maximum Gasteiger partial charge on any atom is 0.244 e. The van der Waals surface area contributed by atoms with Crippen LogP contribution in [0.1, 0.15) is 4.88 Å². The van der Waals surface area contributed by atoms with E-state index in [0.29, 0.717) is 30.5 Å². The summed E-state index contributed by atoms with van der Waals surface area (Å²) in [6, 6.07) is 10.2. The van der Waals surface area contributed by atoms with Gasteiger partial charge in [0.15, 0.2) is 0 Å². The summed E-state index contributed by atoms with van der Waals surface area (Å²) >= 11 is 13.6. The van der Waals surface area contributed by atoms with Crippen molar-refractivity contribution in [2.45, 2.75) is 11.4 Å². The van der Waals surface area contributed by atoms with Gasteiger partial charge in [0, 0.05) is 44.1 Å². The maximum atomic E-state index is 12.9. The highest BCUT2D eigenvalue weighted by molar-refractivity contribution is 7.89. The third-order valence-electron chi connectivity index (χ3n) is 4.80. The number of piperazine rings is 1. The molecule has 1 aromatic heterocycles. The first-order valence-electron chi connectivity index (χ1n) is 9.41. The van der Waals surface area contributed by atoms with Crippen LogP contribution < -0.4 is 0 Å². The Kier molecular flexibility index (Phi) is 7.95. The number of amides is 1. The Bertz CT molecular complexity index is 1000. The van der Waals surface area contributed by atoms with E-state index in [0.717, 1.165) is 4.88 Å². The summed E-state index contributed by atoms with van der Waals surface area (Å²) in [6.07, 6.45) is 1.76. The Labute approximate surface area is 191 Å². The summed E-state index contributed by atoms with van der Waals surface area (Å²) in [7, 11) is -3.68. The summed E-state index contributed by atoms with van der Waals surface area (Å²) in [5.74, 6) is -0.0331. The highest BCUT2D eigenvalue weighted by Crippen LogP contribution is 2.25. The highest BCUT2D eigenvalue weighted by Gasteiger charge is 2.31. The van der Waals surface area contributed by atoms with Crippen LogP contribution in [-0.2, 0) is 21.4 Å². The fourth-order valence-corrected chi connectivity index (χ4v) is 6.33. The van der Waals surface area contributed by atoms with Gasteiger partial charge in [0.05, 0.1) is 15.9 Å². The number of sulfonamides is 1. The molecule has 0 radical (unpaired) electrons. The van der Waals surface area contributed by atoms with Crippen LogP contribution in [-0.4, -0.2) is 67.7 Å². The molecule has 2 aromatic rings.